The second kappa shape index (κ2) is 6.38. The first kappa shape index (κ1) is 15.2. The monoisotopic (exact) mass is 318 g/mol. The van der Waals surface area contributed by atoms with Crippen LogP contribution in [0.4, 0.5) is 0 Å². The van der Waals surface area contributed by atoms with E-state index < -0.39 is 17.5 Å². The summed E-state index contributed by atoms with van der Waals surface area (Å²) in [5, 5.41) is 10.6. The number of carbonyl (C=O) groups is 1. The van der Waals surface area contributed by atoms with E-state index in [0.717, 1.165) is 6.42 Å². The molecule has 0 amide bonds. The molecule has 4 nitrogen and oxygen atoms in total. The van der Waals surface area contributed by atoms with Crippen LogP contribution >= 0.6 is 15.9 Å². The van der Waals surface area contributed by atoms with Crippen LogP contribution in [0, 0.1) is 5.92 Å². The highest BCUT2D eigenvalue weighted by atomic mass is 79.9. The number of furan rings is 1. The predicted octanol–water partition coefficient (Wildman–Crippen LogP) is 3.23. The quantitative estimate of drug-likeness (QED) is 0.818. The van der Waals surface area contributed by atoms with E-state index in [2.05, 4.69) is 15.9 Å². The number of hydrogen-bond donors (Lipinski definition) is 1. The van der Waals surface area contributed by atoms with Gasteiger partial charge in [0, 0.05) is 0 Å². The van der Waals surface area contributed by atoms with Crippen LogP contribution in [0.2, 0.25) is 0 Å². The predicted molar refractivity (Wildman–Crippen MR) is 71.0 cm³/mol. The molecule has 1 aromatic rings. The number of ether oxygens (including phenoxy) is 1. The Morgan fingerprint density at radius 3 is 2.67 bits per heavy atom. The van der Waals surface area contributed by atoms with Gasteiger partial charge in [-0.25, -0.2) is 0 Å². The zero-order valence-electron chi connectivity index (χ0n) is 10.9. The molecular formula is C13H19BrO4. The maximum Gasteiger partial charge on any atom is 0.312 e. The van der Waals surface area contributed by atoms with Crippen molar-refractivity contribution >= 4 is 21.9 Å². The van der Waals surface area contributed by atoms with Gasteiger partial charge in [-0.2, -0.15) is 0 Å². The maximum absolute atomic E-state index is 11.9. The van der Waals surface area contributed by atoms with Gasteiger partial charge in [0.15, 0.2) is 4.67 Å². The Morgan fingerprint density at radius 2 is 2.22 bits per heavy atom. The molecule has 0 saturated carbocycles. The van der Waals surface area contributed by atoms with Crippen molar-refractivity contribution in [2.24, 2.45) is 5.92 Å². The summed E-state index contributed by atoms with van der Waals surface area (Å²) in [4.78, 5) is 11.9. The molecule has 1 rings (SSSR count). The molecule has 0 radical (unpaired) electrons. The highest BCUT2D eigenvalue weighted by Crippen LogP contribution is 2.35. The van der Waals surface area contributed by atoms with E-state index in [4.69, 9.17) is 9.15 Å². The van der Waals surface area contributed by atoms with Crippen LogP contribution in [0.1, 0.15) is 39.4 Å². The van der Waals surface area contributed by atoms with Gasteiger partial charge in [-0.15, -0.1) is 0 Å². The Bertz CT molecular complexity index is 397. The molecule has 0 aliphatic carbocycles. The van der Waals surface area contributed by atoms with E-state index in [1.54, 1.807) is 26.0 Å². The smallest absolute Gasteiger partial charge is 0.312 e. The molecule has 1 heterocycles. The van der Waals surface area contributed by atoms with E-state index in [-0.39, 0.29) is 0 Å². The summed E-state index contributed by atoms with van der Waals surface area (Å²) in [6.45, 7) is 5.59. The molecule has 102 valence electrons. The van der Waals surface area contributed by atoms with Gasteiger partial charge in [-0.1, -0.05) is 13.3 Å². The SMILES string of the molecule is CCCC(C(=O)OCC)C(C)(O)c1ccc(Br)o1. The van der Waals surface area contributed by atoms with Crippen molar-refractivity contribution in [3.63, 3.8) is 0 Å². The van der Waals surface area contributed by atoms with Crippen LogP contribution in [0.3, 0.4) is 0 Å². The Kier molecular flexibility index (Phi) is 5.41. The van der Waals surface area contributed by atoms with Crippen molar-refractivity contribution in [1.29, 1.82) is 0 Å². The van der Waals surface area contributed by atoms with E-state index in [9.17, 15) is 9.90 Å². The number of carbonyl (C=O) groups excluding carboxylic acids is 1. The van der Waals surface area contributed by atoms with Crippen LogP contribution in [0.5, 0.6) is 0 Å². The zero-order chi connectivity index (χ0) is 13.8. The lowest BCUT2D eigenvalue weighted by Gasteiger charge is -2.29. The fourth-order valence-electron chi connectivity index (χ4n) is 1.92. The molecule has 0 aliphatic heterocycles. The number of hydrogen-bond acceptors (Lipinski definition) is 4. The molecule has 2 unspecified atom stereocenters. The average molecular weight is 319 g/mol. The summed E-state index contributed by atoms with van der Waals surface area (Å²) in [6, 6.07) is 3.35. The van der Waals surface area contributed by atoms with E-state index in [1.165, 1.54) is 0 Å². The summed E-state index contributed by atoms with van der Waals surface area (Å²) in [6.07, 6.45) is 1.33. The molecule has 0 spiro atoms. The molecule has 0 aliphatic rings. The first-order valence-electron chi connectivity index (χ1n) is 6.08. The van der Waals surface area contributed by atoms with Gasteiger partial charge >= 0.3 is 5.97 Å². The van der Waals surface area contributed by atoms with Gasteiger partial charge < -0.3 is 14.3 Å². The molecule has 1 aromatic heterocycles. The Hall–Kier alpha value is -0.810. The van der Waals surface area contributed by atoms with Crippen molar-refractivity contribution in [2.45, 2.75) is 39.2 Å². The van der Waals surface area contributed by atoms with E-state index in [1.807, 2.05) is 6.92 Å². The van der Waals surface area contributed by atoms with Gasteiger partial charge in [0.1, 0.15) is 11.4 Å². The number of rotatable bonds is 6. The summed E-state index contributed by atoms with van der Waals surface area (Å²) < 4.78 is 10.9. The molecule has 5 heteroatoms. The highest BCUT2D eigenvalue weighted by molar-refractivity contribution is 9.10. The Morgan fingerprint density at radius 1 is 1.56 bits per heavy atom. The van der Waals surface area contributed by atoms with Gasteiger partial charge in [-0.3, -0.25) is 4.79 Å². The van der Waals surface area contributed by atoms with Crippen molar-refractivity contribution in [3.05, 3.63) is 22.6 Å². The van der Waals surface area contributed by atoms with Gasteiger partial charge in [0.05, 0.1) is 12.5 Å². The number of aliphatic hydroxyl groups is 1. The second-order valence-electron chi connectivity index (χ2n) is 4.34. The summed E-state index contributed by atoms with van der Waals surface area (Å²) in [5.41, 5.74) is -1.37. The van der Waals surface area contributed by atoms with Crippen molar-refractivity contribution in [2.75, 3.05) is 6.61 Å². The third-order valence-corrected chi connectivity index (χ3v) is 3.33. The molecule has 0 fully saturated rings. The molecule has 1 N–H and O–H groups in total. The first-order chi connectivity index (χ1) is 8.43. The lowest BCUT2D eigenvalue weighted by molar-refractivity contribution is -0.160. The van der Waals surface area contributed by atoms with Crippen molar-refractivity contribution < 1.29 is 19.1 Å². The molecule has 18 heavy (non-hydrogen) atoms. The zero-order valence-corrected chi connectivity index (χ0v) is 12.5. The van der Waals surface area contributed by atoms with Crippen LogP contribution in [-0.4, -0.2) is 17.7 Å². The third-order valence-electron chi connectivity index (χ3n) is 2.90. The van der Waals surface area contributed by atoms with Crippen molar-refractivity contribution in [3.8, 4) is 0 Å². The lowest BCUT2D eigenvalue weighted by atomic mass is 9.83. The minimum Gasteiger partial charge on any atom is -0.466 e. The number of esters is 1. The molecule has 0 saturated heterocycles. The largest absolute Gasteiger partial charge is 0.466 e. The fraction of sp³-hybridized carbons (Fsp3) is 0.615. The minimum atomic E-state index is -1.37. The molecule has 0 aromatic carbocycles. The summed E-state index contributed by atoms with van der Waals surface area (Å²) >= 11 is 3.19. The van der Waals surface area contributed by atoms with E-state index >= 15 is 0 Å². The topological polar surface area (TPSA) is 59.7 Å². The maximum atomic E-state index is 11.9. The van der Waals surface area contributed by atoms with Gasteiger partial charge in [-0.05, 0) is 48.3 Å². The van der Waals surface area contributed by atoms with Crippen LogP contribution in [0.25, 0.3) is 0 Å². The molecule has 0 bridgehead atoms. The van der Waals surface area contributed by atoms with Gasteiger partial charge in [0.2, 0.25) is 0 Å². The van der Waals surface area contributed by atoms with Crippen LogP contribution < -0.4 is 0 Å². The Labute approximate surface area is 115 Å². The molecule has 2 atom stereocenters. The third kappa shape index (κ3) is 3.36. The van der Waals surface area contributed by atoms with Crippen molar-refractivity contribution in [1.82, 2.24) is 0 Å². The second-order valence-corrected chi connectivity index (χ2v) is 5.13. The van der Waals surface area contributed by atoms with Crippen LogP contribution in [-0.2, 0) is 15.1 Å². The highest BCUT2D eigenvalue weighted by Gasteiger charge is 2.41. The summed E-state index contributed by atoms with van der Waals surface area (Å²) in [5.74, 6) is -0.654. The minimum absolute atomic E-state index is 0.303. The molecular weight excluding hydrogens is 300 g/mol. The van der Waals surface area contributed by atoms with Gasteiger partial charge in [0.25, 0.3) is 0 Å². The normalized spacial score (nSPS) is 16.1. The lowest BCUT2D eigenvalue weighted by Crippen LogP contribution is -2.38. The average Bonchev–Trinajstić information content (AvgIpc) is 2.73. The van der Waals surface area contributed by atoms with Crippen LogP contribution in [0.15, 0.2) is 21.2 Å². The standard InChI is InChI=1S/C13H19BrO4/c1-4-6-9(12(15)17-5-2)13(3,16)10-7-8-11(14)18-10/h7-9,16H,4-6H2,1-3H3. The number of halogens is 1. The first-order valence-corrected chi connectivity index (χ1v) is 6.87. The fourth-order valence-corrected chi connectivity index (χ4v) is 2.22. The van der Waals surface area contributed by atoms with E-state index in [0.29, 0.717) is 23.5 Å². The Balaban J connectivity index is 2.99. The summed E-state index contributed by atoms with van der Waals surface area (Å²) in [7, 11) is 0.